The van der Waals surface area contributed by atoms with Gasteiger partial charge in [0.2, 0.25) is 5.91 Å². The van der Waals surface area contributed by atoms with Crippen LogP contribution >= 0.6 is 23.4 Å². The molecule has 0 spiro atoms. The molecule has 9 heteroatoms. The lowest BCUT2D eigenvalue weighted by Gasteiger charge is -2.30. The Morgan fingerprint density at radius 3 is 2.34 bits per heavy atom. The van der Waals surface area contributed by atoms with E-state index in [1.165, 1.54) is 6.07 Å². The summed E-state index contributed by atoms with van der Waals surface area (Å²) in [6.45, 7) is 3.56. The molecule has 38 heavy (non-hydrogen) atoms. The average Bonchev–Trinajstić information content (AvgIpc) is 2.90. The van der Waals surface area contributed by atoms with Gasteiger partial charge >= 0.3 is 0 Å². The number of amides is 2. The van der Waals surface area contributed by atoms with Crippen LogP contribution in [0.2, 0.25) is 5.02 Å². The summed E-state index contributed by atoms with van der Waals surface area (Å²) in [7, 11) is 0. The highest BCUT2D eigenvalue weighted by molar-refractivity contribution is 8.03. The second kappa shape index (κ2) is 12.0. The molecule has 3 aromatic carbocycles. The first-order chi connectivity index (χ1) is 18.3. The van der Waals surface area contributed by atoms with Crippen LogP contribution in [-0.2, 0) is 9.59 Å². The summed E-state index contributed by atoms with van der Waals surface area (Å²) in [5.41, 5.74) is 2.97. The van der Waals surface area contributed by atoms with Gasteiger partial charge in [-0.05, 0) is 43.7 Å². The van der Waals surface area contributed by atoms with Gasteiger partial charge in [0.05, 0.1) is 39.1 Å². The van der Waals surface area contributed by atoms with E-state index in [4.69, 9.17) is 11.6 Å². The van der Waals surface area contributed by atoms with Gasteiger partial charge in [-0.1, -0.05) is 71.9 Å². The van der Waals surface area contributed by atoms with Crippen LogP contribution in [0.1, 0.15) is 24.0 Å². The van der Waals surface area contributed by atoms with Crippen molar-refractivity contribution < 1.29 is 14.0 Å². The van der Waals surface area contributed by atoms with Crippen LogP contribution in [0.15, 0.2) is 94.7 Å². The minimum absolute atomic E-state index is 0.0409. The molecule has 0 fully saturated rings. The number of benzene rings is 3. The van der Waals surface area contributed by atoms with Crippen LogP contribution in [0.4, 0.5) is 15.8 Å². The molecular formula is C29H24ClFN4O2S. The van der Waals surface area contributed by atoms with Crippen molar-refractivity contribution in [2.75, 3.05) is 16.4 Å². The summed E-state index contributed by atoms with van der Waals surface area (Å²) in [5, 5.41) is 19.7. The largest absolute Gasteiger partial charge is 0.353 e. The van der Waals surface area contributed by atoms with E-state index in [-0.39, 0.29) is 28.4 Å². The molecule has 0 saturated heterocycles. The molecule has 0 saturated carbocycles. The Morgan fingerprint density at radius 1 is 1.00 bits per heavy atom. The second-order valence-corrected chi connectivity index (χ2v) is 9.95. The number of allylic oxidation sites excluding steroid dienone is 2. The van der Waals surface area contributed by atoms with Crippen LogP contribution < -0.4 is 16.0 Å². The lowest BCUT2D eigenvalue weighted by Crippen LogP contribution is -2.31. The number of aryl methyl sites for hydroxylation is 1. The normalized spacial score (nSPS) is 15.0. The summed E-state index contributed by atoms with van der Waals surface area (Å²) in [6, 6.07) is 22.4. The van der Waals surface area contributed by atoms with Gasteiger partial charge in [0.15, 0.2) is 0 Å². The molecular weight excluding hydrogens is 523 g/mol. The molecule has 6 nitrogen and oxygen atoms in total. The first-order valence-corrected chi connectivity index (χ1v) is 13.1. The number of dihydropyridines is 1. The van der Waals surface area contributed by atoms with Crippen LogP contribution in [0.3, 0.4) is 0 Å². The van der Waals surface area contributed by atoms with Crippen molar-refractivity contribution in [2.24, 2.45) is 0 Å². The van der Waals surface area contributed by atoms with E-state index < -0.39 is 17.6 Å². The predicted octanol–water partition coefficient (Wildman–Crippen LogP) is 6.49. The fourth-order valence-electron chi connectivity index (χ4n) is 4.14. The number of carbonyl (C=O) groups excluding carboxylic acids is 2. The number of carbonyl (C=O) groups is 2. The summed E-state index contributed by atoms with van der Waals surface area (Å²) in [6.07, 6.45) is 0. The maximum Gasteiger partial charge on any atom is 0.254 e. The number of rotatable bonds is 7. The zero-order chi connectivity index (χ0) is 27.2. The third-order valence-corrected chi connectivity index (χ3v) is 7.34. The molecule has 4 rings (SSSR count). The summed E-state index contributed by atoms with van der Waals surface area (Å²) in [4.78, 5) is 26.2. The number of hydrogen-bond donors (Lipinski definition) is 3. The van der Waals surface area contributed by atoms with Gasteiger partial charge in [0.1, 0.15) is 5.82 Å². The van der Waals surface area contributed by atoms with Crippen LogP contribution in [0.5, 0.6) is 0 Å². The van der Waals surface area contributed by atoms with E-state index >= 15 is 4.39 Å². The van der Waals surface area contributed by atoms with Crippen LogP contribution in [0.25, 0.3) is 0 Å². The molecule has 1 atom stereocenters. The molecule has 0 aromatic heterocycles. The molecule has 0 unspecified atom stereocenters. The van der Waals surface area contributed by atoms with Gasteiger partial charge in [0.25, 0.3) is 5.91 Å². The third-order valence-electron chi connectivity index (χ3n) is 6.00. The number of nitrogens with zero attached hydrogens (tertiary/aromatic N) is 1. The Labute approximate surface area is 229 Å². The van der Waals surface area contributed by atoms with E-state index in [2.05, 4.69) is 22.0 Å². The highest BCUT2D eigenvalue weighted by Gasteiger charge is 2.36. The Kier molecular flexibility index (Phi) is 8.52. The van der Waals surface area contributed by atoms with Crippen molar-refractivity contribution in [3.63, 3.8) is 0 Å². The topological polar surface area (TPSA) is 94.0 Å². The smallest absolute Gasteiger partial charge is 0.254 e. The van der Waals surface area contributed by atoms with Crippen molar-refractivity contribution in [3.05, 3.63) is 117 Å². The molecule has 1 heterocycles. The van der Waals surface area contributed by atoms with Gasteiger partial charge in [-0.2, -0.15) is 5.26 Å². The van der Waals surface area contributed by atoms with Crippen LogP contribution in [-0.4, -0.2) is 17.6 Å². The number of thioether (sulfide) groups is 1. The zero-order valence-electron chi connectivity index (χ0n) is 20.6. The Hall–Kier alpha value is -4.06. The second-order valence-electron chi connectivity index (χ2n) is 8.56. The van der Waals surface area contributed by atoms with Gasteiger partial charge in [-0.15, -0.1) is 0 Å². The van der Waals surface area contributed by atoms with E-state index in [1.807, 2.05) is 19.1 Å². The first-order valence-electron chi connectivity index (χ1n) is 11.7. The molecule has 0 radical (unpaired) electrons. The molecule has 192 valence electrons. The Balaban J connectivity index is 1.66. The number of halogens is 2. The summed E-state index contributed by atoms with van der Waals surface area (Å²) in [5.74, 6) is -2.34. The Morgan fingerprint density at radius 2 is 1.66 bits per heavy atom. The quantitative estimate of drug-likeness (QED) is 0.315. The average molecular weight is 547 g/mol. The molecule has 2 amide bonds. The van der Waals surface area contributed by atoms with Crippen LogP contribution in [0, 0.1) is 24.1 Å². The number of nitriles is 1. The van der Waals surface area contributed by atoms with Crippen molar-refractivity contribution in [3.8, 4) is 6.07 Å². The van der Waals surface area contributed by atoms with Gasteiger partial charge in [-0.3, -0.25) is 9.59 Å². The maximum absolute atomic E-state index is 15.1. The maximum atomic E-state index is 15.1. The molecule has 0 aliphatic carbocycles. The molecule has 3 N–H and O–H groups in total. The van der Waals surface area contributed by atoms with E-state index in [9.17, 15) is 14.9 Å². The summed E-state index contributed by atoms with van der Waals surface area (Å²) >= 11 is 7.23. The fraction of sp³-hybridized carbons (Fsp3) is 0.138. The fourth-order valence-corrected chi connectivity index (χ4v) is 5.21. The number of para-hydroxylation sites is 2. The molecule has 1 aliphatic heterocycles. The standard InChI is InChI=1S/C29H24ClFN4O2S/c1-17-9-3-7-13-23(17)35-28(37)26-18(2)33-29(20(15-32)27(26)19-10-4-6-12-22(19)31)38-16-25(36)34-24-14-8-5-11-21(24)30/h3-14,27,33H,16H2,1-2H3,(H,34,36)(H,35,37)/t27-/m1/s1. The van der Waals surface area contributed by atoms with Gasteiger partial charge in [-0.25, -0.2) is 4.39 Å². The highest BCUT2D eigenvalue weighted by Crippen LogP contribution is 2.42. The molecule has 1 aliphatic rings. The first kappa shape index (κ1) is 27.0. The predicted molar refractivity (Wildman–Crippen MR) is 150 cm³/mol. The molecule has 0 bridgehead atoms. The van der Waals surface area contributed by atoms with Gasteiger partial charge in [0, 0.05) is 22.5 Å². The van der Waals surface area contributed by atoms with E-state index in [1.54, 1.807) is 61.5 Å². The van der Waals surface area contributed by atoms with Gasteiger partial charge < -0.3 is 16.0 Å². The van der Waals surface area contributed by atoms with E-state index in [0.29, 0.717) is 27.1 Å². The summed E-state index contributed by atoms with van der Waals surface area (Å²) < 4.78 is 15.1. The number of hydrogen-bond acceptors (Lipinski definition) is 5. The lowest BCUT2D eigenvalue weighted by atomic mass is 9.82. The van der Waals surface area contributed by atoms with Crippen molar-refractivity contribution in [2.45, 2.75) is 19.8 Å². The number of nitrogens with one attached hydrogen (secondary N) is 3. The zero-order valence-corrected chi connectivity index (χ0v) is 22.2. The highest BCUT2D eigenvalue weighted by atomic mass is 35.5. The number of anilines is 2. The van der Waals surface area contributed by atoms with E-state index in [0.717, 1.165) is 17.3 Å². The van der Waals surface area contributed by atoms with Crippen molar-refractivity contribution >= 4 is 46.6 Å². The lowest BCUT2D eigenvalue weighted by molar-refractivity contribution is -0.114. The monoisotopic (exact) mass is 546 g/mol. The molecule has 3 aromatic rings. The van der Waals surface area contributed by atoms with Crippen molar-refractivity contribution in [1.82, 2.24) is 5.32 Å². The van der Waals surface area contributed by atoms with Crippen molar-refractivity contribution in [1.29, 1.82) is 5.26 Å². The SMILES string of the molecule is CC1=C(C(=O)Nc2ccccc2C)[C@H](c2ccccc2F)C(C#N)=C(SCC(=O)Nc2ccccc2Cl)N1. The minimum Gasteiger partial charge on any atom is -0.353 e. The Bertz CT molecular complexity index is 1510. The minimum atomic E-state index is -0.972. The third kappa shape index (κ3) is 5.91.